The maximum atomic E-state index is 9.98. The molecule has 0 N–H and O–H groups in total. The van der Waals surface area contributed by atoms with Gasteiger partial charge in [-0.1, -0.05) is 169 Å². The summed E-state index contributed by atoms with van der Waals surface area (Å²) in [6, 6.07) is -26.1. The van der Waals surface area contributed by atoms with E-state index in [4.69, 9.17) is 27.7 Å². The molecule has 0 aliphatic carbocycles. The van der Waals surface area contributed by atoms with E-state index >= 15 is 0 Å². The van der Waals surface area contributed by atoms with E-state index in [1.54, 1.807) is 0 Å². The molecule has 1 heteroatoms. The fraction of sp³-hybridized carbons (Fsp3) is 0. The molecular formula is C50H30O. The predicted octanol–water partition coefficient (Wildman–Crippen LogP) is 14.4. The van der Waals surface area contributed by atoms with Crippen LogP contribution in [0.25, 0.3) is 109 Å². The lowest BCUT2D eigenvalue weighted by atomic mass is 9.81. The largest absolute Gasteiger partial charge is 0.455 e. The highest BCUT2D eigenvalue weighted by Crippen LogP contribution is 2.50. The molecule has 11 rings (SSSR count). The lowest BCUT2D eigenvalue weighted by Gasteiger charge is -2.22. The van der Waals surface area contributed by atoms with Gasteiger partial charge in [-0.15, -0.1) is 0 Å². The topological polar surface area (TPSA) is 13.1 Å². The Kier molecular flexibility index (Phi) is 2.56. The summed E-state index contributed by atoms with van der Waals surface area (Å²) in [4.78, 5) is 0. The lowest BCUT2D eigenvalue weighted by Crippen LogP contribution is -1.94. The average Bonchev–Trinajstić information content (AvgIpc) is 4.01. The van der Waals surface area contributed by atoms with Gasteiger partial charge in [-0.3, -0.25) is 0 Å². The molecule has 0 saturated carbocycles. The highest BCUT2D eigenvalue weighted by molar-refractivity contribution is 6.28. The molecule has 0 aliphatic heterocycles. The van der Waals surface area contributed by atoms with Crippen molar-refractivity contribution in [3.05, 3.63) is 181 Å². The minimum atomic E-state index is -1.07. The molecule has 0 saturated heterocycles. The molecule has 0 fully saturated rings. The van der Waals surface area contributed by atoms with Crippen LogP contribution in [0.5, 0.6) is 0 Å². The summed E-state index contributed by atoms with van der Waals surface area (Å²) in [5.41, 5.74) is -5.51. The molecule has 0 atom stereocenters. The number of hydrogen-bond acceptors (Lipinski definition) is 1. The maximum Gasteiger partial charge on any atom is 0.143 e. The zero-order chi connectivity index (χ0) is 58.7. The number of rotatable bonds is 3. The van der Waals surface area contributed by atoms with Gasteiger partial charge in [0.2, 0.25) is 0 Å². The Morgan fingerprint density at radius 2 is 0.843 bits per heavy atom. The second-order valence-corrected chi connectivity index (χ2v) is 11.3. The Morgan fingerprint density at radius 1 is 0.314 bits per heavy atom. The first kappa shape index (κ1) is 12.0. The summed E-state index contributed by atoms with van der Waals surface area (Å²) in [6.07, 6.45) is 0. The zero-order valence-electron chi connectivity index (χ0n) is 54.5. The third kappa shape index (κ3) is 4.09. The summed E-state index contributed by atoms with van der Waals surface area (Å²) in [5, 5.41) is -7.92. The molecule has 1 aromatic heterocycles. The third-order valence-corrected chi connectivity index (χ3v) is 8.76. The van der Waals surface area contributed by atoms with E-state index in [1.165, 1.54) is 0 Å². The van der Waals surface area contributed by atoms with Crippen LogP contribution in [0.3, 0.4) is 0 Å². The molecule has 51 heavy (non-hydrogen) atoms. The van der Waals surface area contributed by atoms with Gasteiger partial charge >= 0.3 is 0 Å². The second-order valence-electron chi connectivity index (χ2n) is 11.3. The molecule has 1 heterocycles. The van der Waals surface area contributed by atoms with Crippen LogP contribution in [0.15, 0.2) is 186 Å². The Morgan fingerprint density at radius 3 is 1.55 bits per heavy atom. The molecule has 0 aliphatic rings. The van der Waals surface area contributed by atoms with Gasteiger partial charge in [0.25, 0.3) is 0 Å². The molecule has 0 amide bonds. The minimum absolute atomic E-state index is 0.458. The third-order valence-electron chi connectivity index (χ3n) is 8.76. The highest BCUT2D eigenvalue weighted by atomic mass is 16.3. The average molecular weight is 676 g/mol. The Balaban J connectivity index is 1.54. The quantitative estimate of drug-likeness (QED) is 0.170. The Labute approximate surface area is 335 Å². The summed E-state index contributed by atoms with van der Waals surface area (Å²) in [6.45, 7) is 0. The van der Waals surface area contributed by atoms with Crippen LogP contribution in [0.2, 0.25) is 0 Å². The molecule has 0 bridgehead atoms. The van der Waals surface area contributed by atoms with E-state index in [-0.39, 0.29) is 0 Å². The first-order valence-corrected chi connectivity index (χ1v) is 15.2. The summed E-state index contributed by atoms with van der Waals surface area (Å²) in [7, 11) is 0. The summed E-state index contributed by atoms with van der Waals surface area (Å²) < 4.78 is 272. The van der Waals surface area contributed by atoms with E-state index < -0.39 is 284 Å². The van der Waals surface area contributed by atoms with Crippen molar-refractivity contribution in [1.29, 1.82) is 0 Å². The first-order valence-electron chi connectivity index (χ1n) is 29.7. The van der Waals surface area contributed by atoms with Crippen molar-refractivity contribution >= 4 is 75.8 Å². The van der Waals surface area contributed by atoms with Crippen LogP contribution >= 0.6 is 0 Å². The standard InChI is InChI=1S/C50H30O/c1-4-17-34-31(13-1)16-11-24-37(34)46-38-20-7-9-22-41(38)49(42-23-10-8-21-39(42)46)48-35-18-5-2-14-32(35)27-29-43(48)40-25-12-26-45-47(40)44-30-28-33-15-3-6-19-36(33)50(44)51-45/h1-30H/i1D,2D,3D,4D,5D,6D,7D,8D,9D,10D,11D,12D,13D,14D,15D,16D,17D,18D,19D,20D,21D,22D,23D,24D,26D,27D,28D,29D,30D. The Hall–Kier alpha value is -6.70. The molecular weight excluding hydrogens is 617 g/mol. The number of furan rings is 1. The van der Waals surface area contributed by atoms with E-state index in [2.05, 4.69) is 0 Å². The van der Waals surface area contributed by atoms with E-state index in [0.717, 1.165) is 6.07 Å². The van der Waals surface area contributed by atoms with Crippen molar-refractivity contribution in [3.63, 3.8) is 0 Å². The van der Waals surface area contributed by atoms with Crippen molar-refractivity contribution in [1.82, 2.24) is 0 Å². The second kappa shape index (κ2) is 10.9. The van der Waals surface area contributed by atoms with Crippen molar-refractivity contribution in [2.75, 3.05) is 0 Å². The maximum absolute atomic E-state index is 9.98. The number of hydrogen-bond donors (Lipinski definition) is 0. The van der Waals surface area contributed by atoms with Gasteiger partial charge in [0.15, 0.2) is 0 Å². The fourth-order valence-corrected chi connectivity index (χ4v) is 6.70. The predicted molar refractivity (Wildman–Crippen MR) is 218 cm³/mol. The van der Waals surface area contributed by atoms with Crippen LogP contribution in [0.4, 0.5) is 0 Å². The van der Waals surface area contributed by atoms with Crippen LogP contribution in [-0.2, 0) is 0 Å². The fourth-order valence-electron chi connectivity index (χ4n) is 6.70. The smallest absolute Gasteiger partial charge is 0.143 e. The van der Waals surface area contributed by atoms with Gasteiger partial charge in [0.1, 0.15) is 11.2 Å². The van der Waals surface area contributed by atoms with Gasteiger partial charge in [0.05, 0.1) is 39.8 Å². The highest BCUT2D eigenvalue weighted by Gasteiger charge is 2.23. The van der Waals surface area contributed by atoms with Crippen molar-refractivity contribution in [2.24, 2.45) is 0 Å². The molecule has 1 nitrogen and oxygen atoms in total. The van der Waals surface area contributed by atoms with Crippen LogP contribution in [-0.4, -0.2) is 0 Å². The van der Waals surface area contributed by atoms with E-state index in [1.807, 2.05) is 0 Å². The molecule has 0 radical (unpaired) electrons. The summed E-state index contributed by atoms with van der Waals surface area (Å²) in [5.74, 6) is 0. The molecule has 0 spiro atoms. The Bertz CT molecular complexity index is 4780. The molecule has 236 valence electrons. The normalized spacial score (nSPS) is 19.9. The lowest BCUT2D eigenvalue weighted by molar-refractivity contribution is 0.673. The summed E-state index contributed by atoms with van der Waals surface area (Å²) >= 11 is 0. The van der Waals surface area contributed by atoms with Crippen molar-refractivity contribution in [2.45, 2.75) is 0 Å². The van der Waals surface area contributed by atoms with E-state index in [0.29, 0.717) is 0 Å². The molecule has 11 aromatic rings. The van der Waals surface area contributed by atoms with Crippen LogP contribution < -0.4 is 0 Å². The number of benzene rings is 10. The van der Waals surface area contributed by atoms with Crippen molar-refractivity contribution < 1.29 is 44.2 Å². The number of fused-ring (bicyclic) bond motifs is 9. The minimum Gasteiger partial charge on any atom is -0.455 e. The van der Waals surface area contributed by atoms with Gasteiger partial charge in [0, 0.05) is 16.2 Å². The van der Waals surface area contributed by atoms with Gasteiger partial charge in [-0.25, -0.2) is 0 Å². The van der Waals surface area contributed by atoms with Crippen LogP contribution in [0, 0.1) is 0 Å². The van der Waals surface area contributed by atoms with Gasteiger partial charge < -0.3 is 4.42 Å². The van der Waals surface area contributed by atoms with Gasteiger partial charge in [-0.05, 0) is 93.9 Å². The molecule has 10 aromatic carbocycles. The molecule has 0 unspecified atom stereocenters. The van der Waals surface area contributed by atoms with Gasteiger partial charge in [-0.2, -0.15) is 0 Å². The monoisotopic (exact) mass is 675 g/mol. The van der Waals surface area contributed by atoms with Crippen molar-refractivity contribution in [3.8, 4) is 33.4 Å². The van der Waals surface area contributed by atoms with Crippen LogP contribution in [0.1, 0.15) is 39.8 Å². The zero-order valence-corrected chi connectivity index (χ0v) is 25.5. The van der Waals surface area contributed by atoms with E-state index in [9.17, 15) is 16.4 Å². The SMILES string of the molecule is [2H]c1cc(-c2c([2H])c([2H])c3c([2H])c([2H])c([2H])c([2H])c3c2-c2c3c([2H])c([2H])c([2H])c([2H])c3c(-c3c([2H])c([2H])c([2H])c4c([2H])c([2H])c([2H])c([2H])c34)c3c([2H])c([2H])c([2H])c([2H])c23)c2c(oc3c4c([2H])c([2H])c([2H])c([2H])c4c([2H])c([2H])c32)c1[2H]. The first-order chi connectivity index (χ1) is 37.4.